The molecule has 0 heterocycles. The Balaban J connectivity index is 1.93. The fourth-order valence-corrected chi connectivity index (χ4v) is 4.09. The van der Waals surface area contributed by atoms with Crippen LogP contribution in [0.5, 0.6) is 11.5 Å². The van der Waals surface area contributed by atoms with Gasteiger partial charge >= 0.3 is 0 Å². The summed E-state index contributed by atoms with van der Waals surface area (Å²) in [5.74, 6) is 1.45. The lowest BCUT2D eigenvalue weighted by Gasteiger charge is -2.56. The summed E-state index contributed by atoms with van der Waals surface area (Å²) in [5, 5.41) is 20.1. The van der Waals surface area contributed by atoms with E-state index in [4.69, 9.17) is 0 Å². The molecule has 2 nitrogen and oxygen atoms in total. The molecule has 0 spiro atoms. The van der Waals surface area contributed by atoms with Gasteiger partial charge in [0.2, 0.25) is 0 Å². The van der Waals surface area contributed by atoms with E-state index in [-0.39, 0.29) is 11.5 Å². The average Bonchev–Trinajstić information content (AvgIpc) is 2.47. The third-order valence-electron chi connectivity index (χ3n) is 5.69. The van der Waals surface area contributed by atoms with E-state index >= 15 is 0 Å². The molecule has 0 radical (unpaired) electrons. The normalized spacial score (nSPS) is 25.9. The maximum Gasteiger partial charge on any atom is 0.161 e. The molecule has 2 heteroatoms. The van der Waals surface area contributed by atoms with Gasteiger partial charge in [0.05, 0.1) is 0 Å². The van der Waals surface area contributed by atoms with Crippen LogP contribution in [-0.4, -0.2) is 10.2 Å². The van der Waals surface area contributed by atoms with E-state index in [9.17, 15) is 10.2 Å². The van der Waals surface area contributed by atoms with Crippen molar-refractivity contribution in [1.29, 1.82) is 0 Å². The van der Waals surface area contributed by atoms with E-state index in [1.54, 1.807) is 6.07 Å². The Morgan fingerprint density at radius 3 is 2.71 bits per heavy atom. The number of phenolic OH excluding ortho intramolecular Hbond substituents is 2. The Labute approximate surface area is 126 Å². The summed E-state index contributed by atoms with van der Waals surface area (Å²) in [4.78, 5) is 0. The molecule has 4 rings (SSSR count). The molecule has 0 aromatic heterocycles. The Hall–Kier alpha value is -1.70. The van der Waals surface area contributed by atoms with E-state index in [0.29, 0.717) is 17.8 Å². The van der Waals surface area contributed by atoms with E-state index in [2.05, 4.69) is 26.5 Å². The van der Waals surface area contributed by atoms with Crippen LogP contribution in [-0.2, 0) is 12.8 Å². The first-order chi connectivity index (χ1) is 9.95. The summed E-state index contributed by atoms with van der Waals surface area (Å²) in [6, 6.07) is 3.46. The number of allylic oxidation sites excluding steroid dienone is 3. The number of hydrogen-bond acceptors (Lipinski definition) is 2. The standard InChI is InChI=1S/C19H24O2/c1-4-5-12-7-9-17(20)18(21)15(12)10-13-6-8-14-11-16(13)19(14,2)3/h4,6-7,9,14,16,20-21H,1,5,8,10-11H2,2-3H3/t14-,16-/m0/s1. The van der Waals surface area contributed by atoms with E-state index in [1.807, 2.05) is 12.1 Å². The first kappa shape index (κ1) is 14.2. The highest BCUT2D eigenvalue weighted by Gasteiger charge is 2.50. The minimum Gasteiger partial charge on any atom is -0.504 e. The summed E-state index contributed by atoms with van der Waals surface area (Å²) >= 11 is 0. The van der Waals surface area contributed by atoms with Gasteiger partial charge in [-0.25, -0.2) is 0 Å². The molecule has 2 atom stereocenters. The molecule has 1 aromatic carbocycles. The zero-order valence-corrected chi connectivity index (χ0v) is 12.9. The Morgan fingerprint density at radius 1 is 1.33 bits per heavy atom. The van der Waals surface area contributed by atoms with Gasteiger partial charge in [0.1, 0.15) is 0 Å². The topological polar surface area (TPSA) is 40.5 Å². The lowest BCUT2D eigenvalue weighted by Crippen LogP contribution is -2.48. The summed E-state index contributed by atoms with van der Waals surface area (Å²) in [6.07, 6.45) is 8.07. The van der Waals surface area contributed by atoms with Crippen molar-refractivity contribution in [1.82, 2.24) is 0 Å². The highest BCUT2D eigenvalue weighted by atomic mass is 16.3. The van der Waals surface area contributed by atoms with Gasteiger partial charge in [-0.2, -0.15) is 0 Å². The maximum absolute atomic E-state index is 10.3. The van der Waals surface area contributed by atoms with E-state index < -0.39 is 0 Å². The zero-order chi connectivity index (χ0) is 15.2. The first-order valence-electron chi connectivity index (χ1n) is 7.77. The lowest BCUT2D eigenvalue weighted by atomic mass is 9.48. The van der Waals surface area contributed by atoms with Crippen LogP contribution >= 0.6 is 0 Å². The first-order valence-corrected chi connectivity index (χ1v) is 7.77. The molecule has 1 saturated carbocycles. The molecule has 3 aliphatic carbocycles. The van der Waals surface area contributed by atoms with Gasteiger partial charge in [-0.3, -0.25) is 0 Å². The van der Waals surface area contributed by atoms with Crippen LogP contribution < -0.4 is 0 Å². The second kappa shape index (κ2) is 4.94. The minimum atomic E-state index is -0.0278. The minimum absolute atomic E-state index is 0.0278. The van der Waals surface area contributed by atoms with Gasteiger partial charge in [0.15, 0.2) is 11.5 Å². The molecule has 0 aliphatic heterocycles. The van der Waals surface area contributed by atoms with Gasteiger partial charge in [-0.05, 0) is 54.6 Å². The fourth-order valence-electron chi connectivity index (χ4n) is 4.09. The van der Waals surface area contributed by atoms with Gasteiger partial charge in [-0.15, -0.1) is 6.58 Å². The second-order valence-electron chi connectivity index (χ2n) is 7.06. The van der Waals surface area contributed by atoms with Gasteiger partial charge in [0, 0.05) is 5.56 Å². The van der Waals surface area contributed by atoms with E-state index in [0.717, 1.165) is 29.9 Å². The van der Waals surface area contributed by atoms with Gasteiger partial charge in [-0.1, -0.05) is 37.6 Å². The summed E-state index contributed by atoms with van der Waals surface area (Å²) < 4.78 is 0. The molecule has 0 amide bonds. The van der Waals surface area contributed by atoms with Crippen LogP contribution in [0.2, 0.25) is 0 Å². The van der Waals surface area contributed by atoms with Crippen LogP contribution in [0.25, 0.3) is 0 Å². The summed E-state index contributed by atoms with van der Waals surface area (Å²) in [5.41, 5.74) is 3.73. The number of phenols is 2. The second-order valence-corrected chi connectivity index (χ2v) is 7.06. The van der Waals surface area contributed by atoms with Crippen molar-refractivity contribution in [2.75, 3.05) is 0 Å². The highest BCUT2D eigenvalue weighted by molar-refractivity contribution is 5.51. The Bertz CT molecular complexity index is 610. The fraction of sp³-hybridized carbons (Fsp3) is 0.474. The number of hydrogen-bond donors (Lipinski definition) is 2. The number of benzene rings is 1. The van der Waals surface area contributed by atoms with Crippen LogP contribution in [0, 0.1) is 17.3 Å². The smallest absolute Gasteiger partial charge is 0.161 e. The molecule has 2 bridgehead atoms. The van der Waals surface area contributed by atoms with Crippen LogP contribution in [0.4, 0.5) is 0 Å². The molecule has 1 aromatic rings. The maximum atomic E-state index is 10.3. The van der Waals surface area contributed by atoms with Crippen molar-refractivity contribution in [3.05, 3.63) is 47.6 Å². The van der Waals surface area contributed by atoms with Crippen LogP contribution in [0.15, 0.2) is 36.4 Å². The van der Waals surface area contributed by atoms with Gasteiger partial charge < -0.3 is 10.2 Å². The highest BCUT2D eigenvalue weighted by Crippen LogP contribution is 2.59. The monoisotopic (exact) mass is 284 g/mol. The lowest BCUT2D eigenvalue weighted by molar-refractivity contribution is -0.00748. The number of rotatable bonds is 4. The van der Waals surface area contributed by atoms with Gasteiger partial charge in [0.25, 0.3) is 0 Å². The Morgan fingerprint density at radius 2 is 2.10 bits per heavy atom. The zero-order valence-electron chi connectivity index (χ0n) is 12.9. The molecule has 112 valence electrons. The molecule has 21 heavy (non-hydrogen) atoms. The number of aromatic hydroxyl groups is 2. The predicted octanol–water partition coefficient (Wildman–Crippen LogP) is 4.36. The number of fused-ring (bicyclic) bond motifs is 1. The van der Waals surface area contributed by atoms with Crippen molar-refractivity contribution in [2.24, 2.45) is 17.3 Å². The van der Waals surface area contributed by atoms with Crippen LogP contribution in [0.3, 0.4) is 0 Å². The van der Waals surface area contributed by atoms with Crippen molar-refractivity contribution in [3.63, 3.8) is 0 Å². The Kier molecular flexibility index (Phi) is 3.35. The summed E-state index contributed by atoms with van der Waals surface area (Å²) in [6.45, 7) is 8.49. The summed E-state index contributed by atoms with van der Waals surface area (Å²) in [7, 11) is 0. The molecule has 2 N–H and O–H groups in total. The van der Waals surface area contributed by atoms with Crippen molar-refractivity contribution >= 4 is 0 Å². The van der Waals surface area contributed by atoms with Crippen molar-refractivity contribution in [2.45, 2.75) is 39.5 Å². The molecule has 0 unspecified atom stereocenters. The predicted molar refractivity (Wildman–Crippen MR) is 85.5 cm³/mol. The van der Waals surface area contributed by atoms with E-state index in [1.165, 1.54) is 12.0 Å². The van der Waals surface area contributed by atoms with Crippen LogP contribution in [0.1, 0.15) is 37.8 Å². The third-order valence-corrected chi connectivity index (χ3v) is 5.69. The largest absolute Gasteiger partial charge is 0.504 e. The van der Waals surface area contributed by atoms with Crippen molar-refractivity contribution in [3.8, 4) is 11.5 Å². The molecule has 1 fully saturated rings. The molecular formula is C19H24O2. The average molecular weight is 284 g/mol. The molecular weight excluding hydrogens is 260 g/mol. The quantitative estimate of drug-likeness (QED) is 0.637. The SMILES string of the molecule is C=CCc1ccc(O)c(O)c1CC1=CC[C@H]2C[C@@H]1C2(C)C. The molecule has 0 saturated heterocycles. The van der Waals surface area contributed by atoms with Crippen molar-refractivity contribution < 1.29 is 10.2 Å². The third kappa shape index (κ3) is 2.17. The molecule has 3 aliphatic rings.